The Balaban J connectivity index is 1.90. The smallest absolute Gasteiger partial charge is 0.190 e. The third-order valence-corrected chi connectivity index (χ3v) is 3.81. The summed E-state index contributed by atoms with van der Waals surface area (Å²) < 4.78 is 0. The lowest BCUT2D eigenvalue weighted by atomic mass is 9.99. The van der Waals surface area contributed by atoms with E-state index in [0.717, 1.165) is 32.0 Å². The van der Waals surface area contributed by atoms with E-state index in [1.807, 2.05) is 7.05 Å². The van der Waals surface area contributed by atoms with Gasteiger partial charge in [0.15, 0.2) is 5.96 Å². The molecule has 19 heavy (non-hydrogen) atoms. The molecule has 1 aromatic rings. The molecule has 1 unspecified atom stereocenters. The summed E-state index contributed by atoms with van der Waals surface area (Å²) in [5.41, 5.74) is 2.98. The lowest BCUT2D eigenvalue weighted by Crippen LogP contribution is -2.46. The van der Waals surface area contributed by atoms with Crippen LogP contribution in [0.3, 0.4) is 0 Å². The topological polar surface area (TPSA) is 39.7 Å². The number of aliphatic imine (C=N–C) groups is 1. The normalized spacial score (nSPS) is 17.7. The first-order chi connectivity index (χ1) is 9.24. The lowest BCUT2D eigenvalue weighted by Gasteiger charge is -2.34. The first-order valence-corrected chi connectivity index (χ1v) is 6.94. The van der Waals surface area contributed by atoms with Crippen LogP contribution in [0.5, 0.6) is 0 Å². The fourth-order valence-corrected chi connectivity index (χ4v) is 2.55. The van der Waals surface area contributed by atoms with Gasteiger partial charge in [0, 0.05) is 39.8 Å². The van der Waals surface area contributed by atoms with Gasteiger partial charge >= 0.3 is 0 Å². The highest BCUT2D eigenvalue weighted by molar-refractivity contribution is 5.79. The van der Waals surface area contributed by atoms with Crippen molar-refractivity contribution in [3.05, 3.63) is 35.4 Å². The van der Waals surface area contributed by atoms with Gasteiger partial charge in [0.25, 0.3) is 0 Å². The molecule has 2 N–H and O–H groups in total. The molecule has 0 spiro atoms. The number of hydrogen-bond acceptors (Lipinski definition) is 2. The molecule has 1 aliphatic heterocycles. The zero-order valence-electron chi connectivity index (χ0n) is 12.1. The molecular formula is C15H24N4. The molecule has 4 nitrogen and oxygen atoms in total. The van der Waals surface area contributed by atoms with Crippen molar-refractivity contribution in [3.8, 4) is 0 Å². The SMILES string of the molecule is CN=C(NC)NCC(C)N1CCc2ccccc2C1. The molecule has 0 aliphatic carbocycles. The summed E-state index contributed by atoms with van der Waals surface area (Å²) in [5, 5.41) is 6.38. The molecule has 2 rings (SSSR count). The van der Waals surface area contributed by atoms with Crippen LogP contribution in [0.2, 0.25) is 0 Å². The summed E-state index contributed by atoms with van der Waals surface area (Å²) in [6.07, 6.45) is 1.15. The summed E-state index contributed by atoms with van der Waals surface area (Å²) in [6.45, 7) is 5.37. The number of nitrogens with zero attached hydrogens (tertiary/aromatic N) is 2. The van der Waals surface area contributed by atoms with Gasteiger partial charge in [-0.1, -0.05) is 24.3 Å². The minimum absolute atomic E-state index is 0.499. The molecule has 0 bridgehead atoms. The Bertz CT molecular complexity index is 442. The molecule has 1 heterocycles. The Morgan fingerprint density at radius 2 is 2.11 bits per heavy atom. The standard InChI is InChI=1S/C15H24N4/c1-12(10-18-15(16-2)17-3)19-9-8-13-6-4-5-7-14(13)11-19/h4-7,12H,8-11H2,1-3H3,(H2,16,17,18). The van der Waals surface area contributed by atoms with Crippen LogP contribution < -0.4 is 10.6 Å². The van der Waals surface area contributed by atoms with E-state index in [1.165, 1.54) is 11.1 Å². The van der Waals surface area contributed by atoms with E-state index in [2.05, 4.69) is 51.7 Å². The number of guanidine groups is 1. The van der Waals surface area contributed by atoms with Crippen LogP contribution in [-0.2, 0) is 13.0 Å². The Hall–Kier alpha value is -1.55. The second-order valence-electron chi connectivity index (χ2n) is 5.04. The van der Waals surface area contributed by atoms with Gasteiger partial charge in [0.2, 0.25) is 0 Å². The van der Waals surface area contributed by atoms with Gasteiger partial charge in [-0.15, -0.1) is 0 Å². The number of fused-ring (bicyclic) bond motifs is 1. The molecule has 0 amide bonds. The van der Waals surface area contributed by atoms with Crippen LogP contribution >= 0.6 is 0 Å². The zero-order chi connectivity index (χ0) is 13.7. The van der Waals surface area contributed by atoms with Gasteiger partial charge in [-0.2, -0.15) is 0 Å². The van der Waals surface area contributed by atoms with Crippen molar-refractivity contribution in [3.63, 3.8) is 0 Å². The van der Waals surface area contributed by atoms with E-state index < -0.39 is 0 Å². The summed E-state index contributed by atoms with van der Waals surface area (Å²) in [5.74, 6) is 0.851. The van der Waals surface area contributed by atoms with Gasteiger partial charge in [-0.05, 0) is 24.5 Å². The highest BCUT2D eigenvalue weighted by Crippen LogP contribution is 2.19. The molecule has 1 atom stereocenters. The third kappa shape index (κ3) is 3.47. The summed E-state index contributed by atoms with van der Waals surface area (Å²) in [4.78, 5) is 6.66. The van der Waals surface area contributed by atoms with E-state index in [-0.39, 0.29) is 0 Å². The Labute approximate surface area is 115 Å². The molecule has 1 aliphatic rings. The van der Waals surface area contributed by atoms with Crippen molar-refractivity contribution >= 4 is 5.96 Å². The molecule has 1 aromatic carbocycles. The minimum atomic E-state index is 0.499. The first kappa shape index (κ1) is 13.9. The number of hydrogen-bond donors (Lipinski definition) is 2. The van der Waals surface area contributed by atoms with Crippen LogP contribution in [-0.4, -0.2) is 44.1 Å². The van der Waals surface area contributed by atoms with E-state index in [1.54, 1.807) is 7.05 Å². The molecule has 0 fully saturated rings. The first-order valence-electron chi connectivity index (χ1n) is 6.94. The highest BCUT2D eigenvalue weighted by atomic mass is 15.2. The highest BCUT2D eigenvalue weighted by Gasteiger charge is 2.20. The minimum Gasteiger partial charge on any atom is -0.359 e. The van der Waals surface area contributed by atoms with Crippen molar-refractivity contribution in [2.24, 2.45) is 4.99 Å². The molecule has 4 heteroatoms. The third-order valence-electron chi connectivity index (χ3n) is 3.81. The largest absolute Gasteiger partial charge is 0.359 e. The van der Waals surface area contributed by atoms with E-state index in [9.17, 15) is 0 Å². The van der Waals surface area contributed by atoms with Crippen molar-refractivity contribution in [1.82, 2.24) is 15.5 Å². The maximum Gasteiger partial charge on any atom is 0.190 e. The van der Waals surface area contributed by atoms with Gasteiger partial charge in [0.1, 0.15) is 0 Å². The van der Waals surface area contributed by atoms with Gasteiger partial charge in [-0.25, -0.2) is 0 Å². The molecule has 0 saturated carbocycles. The van der Waals surface area contributed by atoms with Crippen molar-refractivity contribution in [2.75, 3.05) is 27.2 Å². The van der Waals surface area contributed by atoms with Crippen LogP contribution in [0.25, 0.3) is 0 Å². The average molecular weight is 260 g/mol. The predicted octanol–water partition coefficient (Wildman–Crippen LogP) is 1.23. The summed E-state index contributed by atoms with van der Waals surface area (Å²) in [7, 11) is 3.68. The Morgan fingerprint density at radius 1 is 1.37 bits per heavy atom. The second kappa shape index (κ2) is 6.57. The van der Waals surface area contributed by atoms with Crippen molar-refractivity contribution in [1.29, 1.82) is 0 Å². The maximum atomic E-state index is 4.14. The fourth-order valence-electron chi connectivity index (χ4n) is 2.55. The fraction of sp³-hybridized carbons (Fsp3) is 0.533. The predicted molar refractivity (Wildman–Crippen MR) is 80.4 cm³/mol. The molecule has 104 valence electrons. The van der Waals surface area contributed by atoms with E-state index in [0.29, 0.717) is 6.04 Å². The molecule has 0 radical (unpaired) electrons. The van der Waals surface area contributed by atoms with Crippen molar-refractivity contribution < 1.29 is 0 Å². The number of benzene rings is 1. The van der Waals surface area contributed by atoms with Crippen LogP contribution in [0, 0.1) is 0 Å². The quantitative estimate of drug-likeness (QED) is 0.634. The Kier molecular flexibility index (Phi) is 4.80. The van der Waals surface area contributed by atoms with Gasteiger partial charge in [-0.3, -0.25) is 9.89 Å². The van der Waals surface area contributed by atoms with Gasteiger partial charge in [0.05, 0.1) is 0 Å². The maximum absolute atomic E-state index is 4.14. The number of nitrogens with one attached hydrogen (secondary N) is 2. The van der Waals surface area contributed by atoms with E-state index >= 15 is 0 Å². The summed E-state index contributed by atoms with van der Waals surface area (Å²) >= 11 is 0. The average Bonchev–Trinajstić information content (AvgIpc) is 2.47. The van der Waals surface area contributed by atoms with Crippen LogP contribution in [0.4, 0.5) is 0 Å². The molecular weight excluding hydrogens is 236 g/mol. The number of rotatable bonds is 3. The van der Waals surface area contributed by atoms with E-state index in [4.69, 9.17) is 0 Å². The molecule has 0 aromatic heterocycles. The van der Waals surface area contributed by atoms with Crippen molar-refractivity contribution in [2.45, 2.75) is 25.9 Å². The van der Waals surface area contributed by atoms with Crippen LogP contribution in [0.15, 0.2) is 29.3 Å². The molecule has 0 saturated heterocycles. The summed E-state index contributed by atoms with van der Waals surface area (Å²) in [6, 6.07) is 9.26. The lowest BCUT2D eigenvalue weighted by molar-refractivity contribution is 0.191. The van der Waals surface area contributed by atoms with Gasteiger partial charge < -0.3 is 10.6 Å². The second-order valence-corrected chi connectivity index (χ2v) is 5.04. The Morgan fingerprint density at radius 3 is 2.79 bits per heavy atom. The van der Waals surface area contributed by atoms with Crippen LogP contribution in [0.1, 0.15) is 18.1 Å². The zero-order valence-corrected chi connectivity index (χ0v) is 12.1. The monoisotopic (exact) mass is 260 g/mol.